The largest absolute Gasteiger partial charge is 0.491 e. The predicted molar refractivity (Wildman–Crippen MR) is 71.0 cm³/mol. The molecule has 1 aromatic rings. The highest BCUT2D eigenvalue weighted by atomic mass is 16.5. The number of nitrogens with zero attached hydrogens (tertiary/aromatic N) is 1. The summed E-state index contributed by atoms with van der Waals surface area (Å²) in [4.78, 5) is 2.37. The number of aliphatic hydroxyl groups is 1. The molecule has 1 fully saturated rings. The molecule has 1 N–H and O–H groups in total. The topological polar surface area (TPSA) is 32.7 Å². The van der Waals surface area contributed by atoms with Gasteiger partial charge in [-0.2, -0.15) is 0 Å². The lowest BCUT2D eigenvalue weighted by Crippen LogP contribution is -2.44. The molecule has 2 aliphatic rings. The van der Waals surface area contributed by atoms with Crippen molar-refractivity contribution in [3.63, 3.8) is 0 Å². The molecule has 0 saturated carbocycles. The minimum absolute atomic E-state index is 0.126. The van der Waals surface area contributed by atoms with Crippen molar-refractivity contribution < 1.29 is 9.84 Å². The second kappa shape index (κ2) is 4.56. The highest BCUT2D eigenvalue weighted by Crippen LogP contribution is 2.38. The zero-order valence-corrected chi connectivity index (χ0v) is 11.1. The number of hydrogen-bond acceptors (Lipinski definition) is 3. The molecule has 3 nitrogen and oxygen atoms in total. The van der Waals surface area contributed by atoms with Gasteiger partial charge in [-0.3, -0.25) is 4.90 Å². The van der Waals surface area contributed by atoms with E-state index in [2.05, 4.69) is 30.9 Å². The van der Waals surface area contributed by atoms with Crippen molar-refractivity contribution in [1.29, 1.82) is 0 Å². The molecule has 3 heteroatoms. The Morgan fingerprint density at radius 3 is 2.67 bits per heavy atom. The molecule has 0 amide bonds. The molecule has 1 aromatic carbocycles. The first kappa shape index (κ1) is 12.0. The van der Waals surface area contributed by atoms with Crippen molar-refractivity contribution in [3.05, 3.63) is 28.8 Å². The summed E-state index contributed by atoms with van der Waals surface area (Å²) < 4.78 is 5.90. The Bertz CT molecular complexity index is 452. The van der Waals surface area contributed by atoms with Crippen LogP contribution in [-0.2, 0) is 0 Å². The summed E-state index contributed by atoms with van der Waals surface area (Å²) in [6.07, 6.45) is 2.07. The molecule has 0 radical (unpaired) electrons. The summed E-state index contributed by atoms with van der Waals surface area (Å²) >= 11 is 0. The van der Waals surface area contributed by atoms with E-state index in [1.54, 1.807) is 0 Å². The number of fused-ring (bicyclic) bond motifs is 1. The molecule has 3 rings (SSSR count). The molecule has 2 heterocycles. The van der Waals surface area contributed by atoms with Crippen molar-refractivity contribution >= 4 is 0 Å². The van der Waals surface area contributed by atoms with Gasteiger partial charge in [-0.25, -0.2) is 0 Å². The van der Waals surface area contributed by atoms with Crippen LogP contribution in [0.1, 0.15) is 35.6 Å². The van der Waals surface area contributed by atoms with Crippen molar-refractivity contribution in [3.8, 4) is 5.75 Å². The summed E-state index contributed by atoms with van der Waals surface area (Å²) in [7, 11) is 0. The fraction of sp³-hybridized carbons (Fsp3) is 0.600. The fourth-order valence-corrected chi connectivity index (χ4v) is 3.25. The number of likely N-dealkylation sites (tertiary alicyclic amines) is 1. The second-order valence-electron chi connectivity index (χ2n) is 5.57. The number of hydrogen-bond donors (Lipinski definition) is 1. The third kappa shape index (κ3) is 1.91. The van der Waals surface area contributed by atoms with E-state index in [1.165, 1.54) is 18.4 Å². The lowest BCUT2D eigenvalue weighted by molar-refractivity contribution is 0.0136. The number of rotatable bonds is 1. The number of aryl methyl sites for hydroxylation is 2. The average Bonchev–Trinajstić information content (AvgIpc) is 2.84. The van der Waals surface area contributed by atoms with E-state index in [4.69, 9.17) is 4.74 Å². The SMILES string of the molecule is Cc1cc(C)c2c(c1)C(O)C(N1CCCC1)CO2. The molecule has 0 aliphatic carbocycles. The van der Waals surface area contributed by atoms with Crippen LogP contribution >= 0.6 is 0 Å². The number of ether oxygens (including phenoxy) is 1. The zero-order valence-electron chi connectivity index (χ0n) is 11.1. The molecule has 2 aliphatic heterocycles. The summed E-state index contributed by atoms with van der Waals surface area (Å²) in [5.74, 6) is 0.892. The molecule has 2 unspecified atom stereocenters. The van der Waals surface area contributed by atoms with Crippen LogP contribution in [0.2, 0.25) is 0 Å². The molecule has 0 spiro atoms. The third-order valence-electron chi connectivity index (χ3n) is 4.14. The second-order valence-corrected chi connectivity index (χ2v) is 5.57. The summed E-state index contributed by atoms with van der Waals surface area (Å²) in [6, 6.07) is 4.30. The molecule has 2 atom stereocenters. The van der Waals surface area contributed by atoms with Crippen LogP contribution in [0.15, 0.2) is 12.1 Å². The predicted octanol–water partition coefficient (Wildman–Crippen LogP) is 2.19. The monoisotopic (exact) mass is 247 g/mol. The summed E-state index contributed by atoms with van der Waals surface area (Å²) in [6.45, 7) is 6.91. The lowest BCUT2D eigenvalue weighted by atomic mass is 9.94. The van der Waals surface area contributed by atoms with Gasteiger partial charge in [0.1, 0.15) is 18.5 Å². The first-order valence-corrected chi connectivity index (χ1v) is 6.83. The first-order chi connectivity index (χ1) is 8.66. The van der Waals surface area contributed by atoms with Gasteiger partial charge in [-0.05, 0) is 51.4 Å². The molecular weight excluding hydrogens is 226 g/mol. The van der Waals surface area contributed by atoms with Crippen LogP contribution < -0.4 is 4.74 Å². The van der Waals surface area contributed by atoms with E-state index in [-0.39, 0.29) is 6.04 Å². The number of benzene rings is 1. The Labute approximate surface area is 108 Å². The van der Waals surface area contributed by atoms with Gasteiger partial charge in [0.15, 0.2) is 0 Å². The van der Waals surface area contributed by atoms with Gasteiger partial charge >= 0.3 is 0 Å². The Morgan fingerprint density at radius 1 is 1.22 bits per heavy atom. The van der Waals surface area contributed by atoms with E-state index in [1.807, 2.05) is 0 Å². The molecule has 0 aromatic heterocycles. The van der Waals surface area contributed by atoms with Gasteiger partial charge in [0.2, 0.25) is 0 Å². The fourth-order valence-electron chi connectivity index (χ4n) is 3.25. The van der Waals surface area contributed by atoms with E-state index in [0.29, 0.717) is 6.61 Å². The van der Waals surface area contributed by atoms with Crippen LogP contribution in [0.3, 0.4) is 0 Å². The standard InChI is InChI=1S/C15H21NO2/c1-10-7-11(2)15-12(8-10)14(17)13(9-18-15)16-5-3-4-6-16/h7-8,13-14,17H,3-6,9H2,1-2H3. The third-order valence-corrected chi connectivity index (χ3v) is 4.14. The maximum atomic E-state index is 10.6. The van der Waals surface area contributed by atoms with E-state index < -0.39 is 6.10 Å². The minimum Gasteiger partial charge on any atom is -0.491 e. The van der Waals surface area contributed by atoms with Gasteiger partial charge in [0.05, 0.1) is 6.04 Å². The van der Waals surface area contributed by atoms with Crippen LogP contribution in [0.4, 0.5) is 0 Å². The quantitative estimate of drug-likeness (QED) is 0.825. The van der Waals surface area contributed by atoms with E-state index in [9.17, 15) is 5.11 Å². The first-order valence-electron chi connectivity index (χ1n) is 6.83. The van der Waals surface area contributed by atoms with Gasteiger partial charge in [-0.15, -0.1) is 0 Å². The Kier molecular flexibility index (Phi) is 3.04. The van der Waals surface area contributed by atoms with Gasteiger partial charge in [-0.1, -0.05) is 11.6 Å². The highest BCUT2D eigenvalue weighted by Gasteiger charge is 2.35. The Hall–Kier alpha value is -1.06. The van der Waals surface area contributed by atoms with Crippen LogP contribution in [-0.4, -0.2) is 35.7 Å². The maximum absolute atomic E-state index is 10.6. The molecule has 0 bridgehead atoms. The smallest absolute Gasteiger partial charge is 0.128 e. The van der Waals surface area contributed by atoms with Crippen LogP contribution in [0.5, 0.6) is 5.75 Å². The zero-order chi connectivity index (χ0) is 12.7. The van der Waals surface area contributed by atoms with E-state index in [0.717, 1.165) is 30.0 Å². The van der Waals surface area contributed by atoms with Crippen molar-refractivity contribution in [2.45, 2.75) is 38.8 Å². The molecule has 18 heavy (non-hydrogen) atoms. The lowest BCUT2D eigenvalue weighted by Gasteiger charge is -2.36. The van der Waals surface area contributed by atoms with Crippen molar-refractivity contribution in [1.82, 2.24) is 4.90 Å². The van der Waals surface area contributed by atoms with Gasteiger partial charge in [0.25, 0.3) is 0 Å². The molecular formula is C15H21NO2. The van der Waals surface area contributed by atoms with Crippen LogP contribution in [0.25, 0.3) is 0 Å². The molecule has 1 saturated heterocycles. The minimum atomic E-state index is -0.412. The average molecular weight is 247 g/mol. The van der Waals surface area contributed by atoms with Gasteiger partial charge in [0, 0.05) is 5.56 Å². The van der Waals surface area contributed by atoms with Crippen LogP contribution in [0, 0.1) is 13.8 Å². The van der Waals surface area contributed by atoms with E-state index >= 15 is 0 Å². The Morgan fingerprint density at radius 2 is 1.94 bits per heavy atom. The number of aliphatic hydroxyl groups excluding tert-OH is 1. The Balaban J connectivity index is 1.93. The molecule has 98 valence electrons. The highest BCUT2D eigenvalue weighted by molar-refractivity contribution is 5.46. The normalized spacial score (nSPS) is 27.9. The van der Waals surface area contributed by atoms with Crippen molar-refractivity contribution in [2.24, 2.45) is 0 Å². The maximum Gasteiger partial charge on any atom is 0.128 e. The summed E-state index contributed by atoms with van der Waals surface area (Å²) in [5.41, 5.74) is 3.29. The summed E-state index contributed by atoms with van der Waals surface area (Å²) in [5, 5.41) is 10.6. The van der Waals surface area contributed by atoms with Crippen molar-refractivity contribution in [2.75, 3.05) is 19.7 Å². The van der Waals surface area contributed by atoms with Gasteiger partial charge < -0.3 is 9.84 Å².